The van der Waals surface area contributed by atoms with Crippen LogP contribution in [0.15, 0.2) is 53.7 Å². The van der Waals surface area contributed by atoms with Crippen molar-refractivity contribution in [2.24, 2.45) is 7.05 Å². The maximum absolute atomic E-state index is 12.9. The third-order valence-corrected chi connectivity index (χ3v) is 5.59. The average molecular weight is 478 g/mol. The highest BCUT2D eigenvalue weighted by atomic mass is 32.2. The number of nitrogens with zero attached hydrogens (tertiary/aromatic N) is 3. The van der Waals surface area contributed by atoms with Gasteiger partial charge in [0.1, 0.15) is 5.82 Å². The summed E-state index contributed by atoms with van der Waals surface area (Å²) in [4.78, 5) is 24.8. The van der Waals surface area contributed by atoms with Crippen LogP contribution in [0, 0.1) is 0 Å². The molecule has 7 nitrogen and oxygen atoms in total. The molecule has 0 bridgehead atoms. The molecule has 0 aliphatic carbocycles. The van der Waals surface area contributed by atoms with E-state index in [-0.39, 0.29) is 28.8 Å². The van der Waals surface area contributed by atoms with E-state index in [0.29, 0.717) is 10.8 Å². The van der Waals surface area contributed by atoms with Crippen LogP contribution < -0.4 is 10.6 Å². The quantitative estimate of drug-likeness (QED) is 0.471. The van der Waals surface area contributed by atoms with Crippen molar-refractivity contribution in [1.82, 2.24) is 14.8 Å². The Balaban J connectivity index is 1.61. The minimum atomic E-state index is -4.51. The van der Waals surface area contributed by atoms with Gasteiger partial charge in [-0.25, -0.2) is 0 Å². The van der Waals surface area contributed by atoms with Crippen molar-refractivity contribution in [3.63, 3.8) is 0 Å². The molecule has 0 radical (unpaired) electrons. The Morgan fingerprint density at radius 3 is 2.33 bits per heavy atom. The second-order valence-electron chi connectivity index (χ2n) is 7.50. The maximum atomic E-state index is 12.9. The molecule has 3 rings (SSSR count). The van der Waals surface area contributed by atoms with Gasteiger partial charge in [0.25, 0.3) is 5.91 Å². The minimum absolute atomic E-state index is 0.0186. The first-order chi connectivity index (χ1) is 15.5. The molecule has 11 heteroatoms. The summed E-state index contributed by atoms with van der Waals surface area (Å²) in [6, 6.07) is 10.5. The number of halogens is 3. The molecule has 3 aromatic rings. The highest BCUT2D eigenvalue weighted by Gasteiger charge is 2.30. The van der Waals surface area contributed by atoms with Crippen LogP contribution in [-0.4, -0.2) is 32.3 Å². The largest absolute Gasteiger partial charge is 0.416 e. The first-order valence-electron chi connectivity index (χ1n) is 9.95. The molecular formula is C22H22F3N5O2S. The maximum Gasteiger partial charge on any atom is 0.416 e. The first kappa shape index (κ1) is 24.3. The normalized spacial score (nSPS) is 11.5. The lowest BCUT2D eigenvalue weighted by atomic mass is 10.1. The lowest BCUT2D eigenvalue weighted by Crippen LogP contribution is -2.16. The predicted molar refractivity (Wildman–Crippen MR) is 120 cm³/mol. The third-order valence-electron chi connectivity index (χ3n) is 4.57. The number of nitrogens with one attached hydrogen (secondary N) is 2. The molecule has 0 aliphatic heterocycles. The van der Waals surface area contributed by atoms with Crippen molar-refractivity contribution in [2.75, 3.05) is 16.4 Å². The summed E-state index contributed by atoms with van der Waals surface area (Å²) < 4.78 is 40.4. The monoisotopic (exact) mass is 477 g/mol. The lowest BCUT2D eigenvalue weighted by Gasteiger charge is -2.11. The summed E-state index contributed by atoms with van der Waals surface area (Å²) in [5.41, 5.74) is -0.266. The zero-order valence-electron chi connectivity index (χ0n) is 18.1. The molecule has 174 valence electrons. The molecule has 0 aliphatic rings. The molecule has 1 aromatic heterocycles. The van der Waals surface area contributed by atoms with Gasteiger partial charge in [0.15, 0.2) is 5.16 Å². The van der Waals surface area contributed by atoms with Gasteiger partial charge in [0.2, 0.25) is 5.91 Å². The summed E-state index contributed by atoms with van der Waals surface area (Å²) >= 11 is 1.23. The molecule has 2 aromatic carbocycles. The number of alkyl halides is 3. The zero-order chi connectivity index (χ0) is 24.2. The predicted octanol–water partition coefficient (Wildman–Crippen LogP) is 4.94. The van der Waals surface area contributed by atoms with E-state index < -0.39 is 17.6 Å². The average Bonchev–Trinajstić information content (AvgIpc) is 3.12. The number of hydrogen-bond donors (Lipinski definition) is 2. The van der Waals surface area contributed by atoms with E-state index in [1.807, 2.05) is 25.5 Å². The van der Waals surface area contributed by atoms with Crippen LogP contribution in [0.2, 0.25) is 0 Å². The molecule has 2 amide bonds. The van der Waals surface area contributed by atoms with E-state index in [2.05, 4.69) is 20.8 Å². The number of rotatable bonds is 7. The van der Waals surface area contributed by atoms with Gasteiger partial charge in [-0.05, 0) is 36.4 Å². The van der Waals surface area contributed by atoms with Crippen molar-refractivity contribution >= 4 is 35.0 Å². The fraction of sp³-hybridized carbons (Fsp3) is 0.273. The fourth-order valence-corrected chi connectivity index (χ4v) is 3.71. The second kappa shape index (κ2) is 10.1. The van der Waals surface area contributed by atoms with Gasteiger partial charge in [-0.1, -0.05) is 37.7 Å². The van der Waals surface area contributed by atoms with Gasteiger partial charge >= 0.3 is 6.18 Å². The molecule has 0 spiro atoms. The van der Waals surface area contributed by atoms with Crippen LogP contribution in [0.1, 0.15) is 41.5 Å². The van der Waals surface area contributed by atoms with Crippen molar-refractivity contribution in [2.45, 2.75) is 31.1 Å². The number of hydrogen-bond acceptors (Lipinski definition) is 5. The lowest BCUT2D eigenvalue weighted by molar-refractivity contribution is -0.137. The molecule has 0 unspecified atom stereocenters. The SMILES string of the molecule is CC(C)c1nnc(SCC(=O)Nc2cccc(C(=O)Nc3cccc(C(F)(F)F)c3)c2)n1C. The Morgan fingerprint density at radius 2 is 1.70 bits per heavy atom. The van der Waals surface area contributed by atoms with Crippen molar-refractivity contribution in [3.8, 4) is 0 Å². The van der Waals surface area contributed by atoms with Crippen LogP contribution in [-0.2, 0) is 18.0 Å². The Bertz CT molecular complexity index is 1160. The summed E-state index contributed by atoms with van der Waals surface area (Å²) in [5, 5.41) is 14.0. The van der Waals surface area contributed by atoms with Crippen molar-refractivity contribution in [3.05, 3.63) is 65.5 Å². The van der Waals surface area contributed by atoms with E-state index in [1.54, 1.807) is 12.1 Å². The number of carbonyl (C=O) groups excluding carboxylic acids is 2. The summed E-state index contributed by atoms with van der Waals surface area (Å²) in [6.45, 7) is 4.00. The third kappa shape index (κ3) is 6.35. The van der Waals surface area contributed by atoms with Gasteiger partial charge in [0, 0.05) is 29.9 Å². The van der Waals surface area contributed by atoms with E-state index in [1.165, 1.54) is 36.0 Å². The van der Waals surface area contributed by atoms with Gasteiger partial charge in [-0.2, -0.15) is 13.2 Å². The number of carbonyl (C=O) groups is 2. The molecular weight excluding hydrogens is 455 g/mol. The number of anilines is 2. The van der Waals surface area contributed by atoms with Crippen LogP contribution in [0.25, 0.3) is 0 Å². The highest BCUT2D eigenvalue weighted by Crippen LogP contribution is 2.30. The molecule has 0 fully saturated rings. The topological polar surface area (TPSA) is 88.9 Å². The standard InChI is InChI=1S/C22H22F3N5O2S/c1-13(2)19-28-29-21(30(19)3)33-12-18(31)26-16-8-4-6-14(10-16)20(32)27-17-9-5-7-15(11-17)22(23,24)25/h4-11,13H,12H2,1-3H3,(H,26,31)(H,27,32). The first-order valence-corrected chi connectivity index (χ1v) is 10.9. The number of aromatic nitrogens is 3. The Kier molecular flexibility index (Phi) is 7.42. The number of thioether (sulfide) groups is 1. The molecule has 1 heterocycles. The molecule has 0 atom stereocenters. The van der Waals surface area contributed by atoms with Crippen LogP contribution >= 0.6 is 11.8 Å². The molecule has 0 saturated heterocycles. The van der Waals surface area contributed by atoms with Crippen LogP contribution in [0.5, 0.6) is 0 Å². The van der Waals surface area contributed by atoms with Crippen LogP contribution in [0.4, 0.5) is 24.5 Å². The minimum Gasteiger partial charge on any atom is -0.325 e. The smallest absolute Gasteiger partial charge is 0.325 e. The van der Waals surface area contributed by atoms with E-state index in [9.17, 15) is 22.8 Å². The molecule has 33 heavy (non-hydrogen) atoms. The van der Waals surface area contributed by atoms with Gasteiger partial charge < -0.3 is 15.2 Å². The van der Waals surface area contributed by atoms with Gasteiger partial charge in [0.05, 0.1) is 11.3 Å². The Hall–Kier alpha value is -3.34. The molecule has 2 N–H and O–H groups in total. The van der Waals surface area contributed by atoms with Crippen molar-refractivity contribution < 1.29 is 22.8 Å². The highest BCUT2D eigenvalue weighted by molar-refractivity contribution is 7.99. The zero-order valence-corrected chi connectivity index (χ0v) is 18.9. The second-order valence-corrected chi connectivity index (χ2v) is 8.45. The summed E-state index contributed by atoms with van der Waals surface area (Å²) in [7, 11) is 1.84. The van der Waals surface area contributed by atoms with Crippen molar-refractivity contribution in [1.29, 1.82) is 0 Å². The summed E-state index contributed by atoms with van der Waals surface area (Å²) in [6.07, 6.45) is -4.51. The number of benzene rings is 2. The summed E-state index contributed by atoms with van der Waals surface area (Å²) in [5.74, 6) is 0.211. The Morgan fingerprint density at radius 1 is 1.03 bits per heavy atom. The van der Waals surface area contributed by atoms with E-state index in [4.69, 9.17) is 0 Å². The van der Waals surface area contributed by atoms with E-state index >= 15 is 0 Å². The van der Waals surface area contributed by atoms with Crippen LogP contribution in [0.3, 0.4) is 0 Å². The van der Waals surface area contributed by atoms with Gasteiger partial charge in [-0.15, -0.1) is 10.2 Å². The Labute approximate surface area is 192 Å². The van der Waals surface area contributed by atoms with Gasteiger partial charge in [-0.3, -0.25) is 9.59 Å². The number of amides is 2. The molecule has 0 saturated carbocycles. The van der Waals surface area contributed by atoms with E-state index in [0.717, 1.165) is 18.0 Å². The fourth-order valence-electron chi connectivity index (χ4n) is 3.00.